The normalized spacial score (nSPS) is 15.1. The van der Waals surface area contributed by atoms with Crippen LogP contribution < -0.4 is 11.3 Å². The molecule has 0 spiro atoms. The fraction of sp³-hybridized carbons (Fsp3) is 0.636. The van der Waals surface area contributed by atoms with Crippen molar-refractivity contribution >= 4 is 11.3 Å². The van der Waals surface area contributed by atoms with Gasteiger partial charge in [0.25, 0.3) is 0 Å². The molecule has 0 saturated carbocycles. The maximum Gasteiger partial charge on any atom is 0.0488 e. The van der Waals surface area contributed by atoms with Crippen LogP contribution in [0.2, 0.25) is 0 Å². The van der Waals surface area contributed by atoms with Crippen molar-refractivity contribution in [3.05, 3.63) is 22.4 Å². The molecule has 0 aliphatic rings. The first kappa shape index (κ1) is 12.6. The van der Waals surface area contributed by atoms with Gasteiger partial charge in [-0.3, -0.25) is 11.3 Å². The van der Waals surface area contributed by atoms with Gasteiger partial charge in [-0.25, -0.2) is 0 Å². The van der Waals surface area contributed by atoms with Crippen molar-refractivity contribution in [1.82, 2.24) is 5.43 Å². The molecule has 1 aromatic rings. The second-order valence-corrected chi connectivity index (χ2v) is 4.78. The lowest BCUT2D eigenvalue weighted by Crippen LogP contribution is -2.38. The smallest absolute Gasteiger partial charge is 0.0488 e. The molecule has 0 aromatic carbocycles. The fourth-order valence-electron chi connectivity index (χ4n) is 1.74. The standard InChI is InChI=1S/C11H20N2OS/c1-9(7-14-2)5-11(13-12)6-10-3-4-15-8-10/h3-4,8-9,11,13H,5-7,12H2,1-2H3. The minimum atomic E-state index is 0.338. The van der Waals surface area contributed by atoms with E-state index in [1.807, 2.05) is 0 Å². The predicted molar refractivity (Wildman–Crippen MR) is 64.8 cm³/mol. The molecular formula is C11H20N2OS. The van der Waals surface area contributed by atoms with E-state index in [1.165, 1.54) is 5.56 Å². The van der Waals surface area contributed by atoms with Gasteiger partial charge in [0.1, 0.15) is 0 Å². The molecule has 0 aliphatic carbocycles. The summed E-state index contributed by atoms with van der Waals surface area (Å²) in [6.07, 6.45) is 2.04. The molecule has 1 rings (SSSR count). The van der Waals surface area contributed by atoms with E-state index >= 15 is 0 Å². The van der Waals surface area contributed by atoms with Gasteiger partial charge in [-0.1, -0.05) is 6.92 Å². The summed E-state index contributed by atoms with van der Waals surface area (Å²) in [6, 6.07) is 2.49. The van der Waals surface area contributed by atoms with Crippen molar-refractivity contribution in [2.45, 2.75) is 25.8 Å². The molecule has 0 bridgehead atoms. The number of nitrogens with one attached hydrogen (secondary N) is 1. The molecule has 1 aromatic heterocycles. The zero-order chi connectivity index (χ0) is 11.1. The van der Waals surface area contributed by atoms with Gasteiger partial charge in [0.2, 0.25) is 0 Å². The van der Waals surface area contributed by atoms with E-state index in [0.717, 1.165) is 19.4 Å². The van der Waals surface area contributed by atoms with Crippen LogP contribution in [0.1, 0.15) is 18.9 Å². The third-order valence-corrected chi connectivity index (χ3v) is 3.17. The van der Waals surface area contributed by atoms with Crippen molar-refractivity contribution < 1.29 is 4.74 Å². The maximum absolute atomic E-state index is 5.55. The molecule has 4 heteroatoms. The van der Waals surface area contributed by atoms with Gasteiger partial charge in [0.05, 0.1) is 0 Å². The van der Waals surface area contributed by atoms with Gasteiger partial charge < -0.3 is 4.74 Å². The molecule has 0 amide bonds. The molecule has 15 heavy (non-hydrogen) atoms. The second kappa shape index (κ2) is 6.95. The Hall–Kier alpha value is -0.420. The zero-order valence-electron chi connectivity index (χ0n) is 9.40. The van der Waals surface area contributed by atoms with Crippen LogP contribution in [0.4, 0.5) is 0 Å². The minimum absolute atomic E-state index is 0.338. The molecule has 0 aliphatic heterocycles. The number of hydrazine groups is 1. The Kier molecular flexibility index (Phi) is 5.86. The average Bonchev–Trinajstić information content (AvgIpc) is 2.70. The van der Waals surface area contributed by atoms with Crippen LogP contribution in [0.3, 0.4) is 0 Å². The highest BCUT2D eigenvalue weighted by atomic mass is 32.1. The Labute approximate surface area is 95.6 Å². The van der Waals surface area contributed by atoms with Crippen molar-refractivity contribution in [2.24, 2.45) is 11.8 Å². The number of nitrogens with two attached hydrogens (primary N) is 1. The largest absolute Gasteiger partial charge is 0.384 e. The van der Waals surface area contributed by atoms with E-state index < -0.39 is 0 Å². The molecule has 1 heterocycles. The van der Waals surface area contributed by atoms with E-state index in [2.05, 4.69) is 29.2 Å². The van der Waals surface area contributed by atoms with Crippen molar-refractivity contribution in [2.75, 3.05) is 13.7 Å². The van der Waals surface area contributed by atoms with Crippen LogP contribution in [-0.4, -0.2) is 19.8 Å². The summed E-state index contributed by atoms with van der Waals surface area (Å²) in [5.41, 5.74) is 4.23. The average molecular weight is 228 g/mol. The van der Waals surface area contributed by atoms with Crippen molar-refractivity contribution in [1.29, 1.82) is 0 Å². The monoisotopic (exact) mass is 228 g/mol. The number of hydrogen-bond donors (Lipinski definition) is 2. The molecule has 0 saturated heterocycles. The Morgan fingerprint density at radius 3 is 2.93 bits per heavy atom. The minimum Gasteiger partial charge on any atom is -0.384 e. The molecule has 0 radical (unpaired) electrons. The third kappa shape index (κ3) is 4.75. The summed E-state index contributed by atoms with van der Waals surface area (Å²) < 4.78 is 5.12. The van der Waals surface area contributed by atoms with Gasteiger partial charge in [-0.15, -0.1) is 0 Å². The first-order valence-electron chi connectivity index (χ1n) is 5.22. The summed E-state index contributed by atoms with van der Waals surface area (Å²) in [5.74, 6) is 6.08. The highest BCUT2D eigenvalue weighted by Crippen LogP contribution is 2.13. The number of methoxy groups -OCH3 is 1. The highest BCUT2D eigenvalue weighted by Gasteiger charge is 2.12. The summed E-state index contributed by atoms with van der Waals surface area (Å²) >= 11 is 1.73. The van der Waals surface area contributed by atoms with Crippen LogP contribution in [0.5, 0.6) is 0 Å². The van der Waals surface area contributed by atoms with Gasteiger partial charge >= 0.3 is 0 Å². The quantitative estimate of drug-likeness (QED) is 0.552. The molecule has 3 N–H and O–H groups in total. The fourth-order valence-corrected chi connectivity index (χ4v) is 2.42. The van der Waals surface area contributed by atoms with Crippen LogP contribution >= 0.6 is 11.3 Å². The highest BCUT2D eigenvalue weighted by molar-refractivity contribution is 7.07. The van der Waals surface area contributed by atoms with Gasteiger partial charge in [0.15, 0.2) is 0 Å². The van der Waals surface area contributed by atoms with E-state index in [0.29, 0.717) is 12.0 Å². The summed E-state index contributed by atoms with van der Waals surface area (Å²) in [7, 11) is 1.74. The lowest BCUT2D eigenvalue weighted by atomic mass is 9.98. The molecule has 2 atom stereocenters. The first-order valence-corrected chi connectivity index (χ1v) is 6.16. The maximum atomic E-state index is 5.55. The van der Waals surface area contributed by atoms with Crippen LogP contribution in [-0.2, 0) is 11.2 Å². The van der Waals surface area contributed by atoms with Gasteiger partial charge in [-0.2, -0.15) is 11.3 Å². The van der Waals surface area contributed by atoms with Crippen molar-refractivity contribution in [3.63, 3.8) is 0 Å². The summed E-state index contributed by atoms with van der Waals surface area (Å²) in [5, 5.41) is 4.27. The topological polar surface area (TPSA) is 47.3 Å². The Morgan fingerprint density at radius 1 is 1.60 bits per heavy atom. The molecule has 3 nitrogen and oxygen atoms in total. The third-order valence-electron chi connectivity index (χ3n) is 2.44. The van der Waals surface area contributed by atoms with Gasteiger partial charge in [-0.05, 0) is 41.1 Å². The predicted octanol–water partition coefficient (Wildman–Crippen LogP) is 1.80. The zero-order valence-corrected chi connectivity index (χ0v) is 10.2. The SMILES string of the molecule is COCC(C)CC(Cc1ccsc1)NN. The molecule has 86 valence electrons. The van der Waals surface area contributed by atoms with E-state index in [4.69, 9.17) is 10.6 Å². The van der Waals surface area contributed by atoms with Crippen LogP contribution in [0, 0.1) is 5.92 Å². The van der Waals surface area contributed by atoms with Crippen LogP contribution in [0.15, 0.2) is 16.8 Å². The first-order chi connectivity index (χ1) is 7.26. The molecule has 2 unspecified atom stereocenters. The summed E-state index contributed by atoms with van der Waals surface area (Å²) in [4.78, 5) is 0. The Balaban J connectivity index is 2.35. The molecule has 0 fully saturated rings. The van der Waals surface area contributed by atoms with E-state index in [9.17, 15) is 0 Å². The lowest BCUT2D eigenvalue weighted by molar-refractivity contribution is 0.149. The molecular weight excluding hydrogens is 208 g/mol. The Morgan fingerprint density at radius 2 is 2.40 bits per heavy atom. The van der Waals surface area contributed by atoms with E-state index in [-0.39, 0.29) is 0 Å². The number of ether oxygens (including phenoxy) is 1. The summed E-state index contributed by atoms with van der Waals surface area (Å²) in [6.45, 7) is 2.98. The number of hydrogen-bond acceptors (Lipinski definition) is 4. The number of rotatable bonds is 7. The van der Waals surface area contributed by atoms with E-state index in [1.54, 1.807) is 18.4 Å². The Bertz CT molecular complexity index is 251. The number of thiophene rings is 1. The van der Waals surface area contributed by atoms with Gasteiger partial charge in [0, 0.05) is 19.8 Å². The van der Waals surface area contributed by atoms with Crippen LogP contribution in [0.25, 0.3) is 0 Å². The van der Waals surface area contributed by atoms with Crippen molar-refractivity contribution in [3.8, 4) is 0 Å². The lowest BCUT2D eigenvalue weighted by Gasteiger charge is -2.19. The second-order valence-electron chi connectivity index (χ2n) is 4.00.